The molecule has 1 heterocycles. The van der Waals surface area contributed by atoms with E-state index in [9.17, 15) is 4.39 Å². The number of hydrogen-bond acceptors (Lipinski definition) is 2. The molecule has 0 spiro atoms. The predicted molar refractivity (Wildman–Crippen MR) is 105 cm³/mol. The van der Waals surface area contributed by atoms with Gasteiger partial charge in [-0.3, -0.25) is 0 Å². The molecule has 0 atom stereocenters. The van der Waals surface area contributed by atoms with Crippen LogP contribution in [0.25, 0.3) is 11.1 Å². The van der Waals surface area contributed by atoms with Gasteiger partial charge in [0.05, 0.1) is 13.3 Å². The van der Waals surface area contributed by atoms with E-state index in [-0.39, 0.29) is 11.2 Å². The Morgan fingerprint density at radius 1 is 1.23 bits per heavy atom. The minimum Gasteiger partial charge on any atom is -0.481 e. The highest BCUT2D eigenvalue weighted by Gasteiger charge is 2.35. The first-order valence-electron chi connectivity index (χ1n) is 9.46. The van der Waals surface area contributed by atoms with E-state index >= 15 is 0 Å². The van der Waals surface area contributed by atoms with Crippen molar-refractivity contribution < 1.29 is 9.13 Å². The second kappa shape index (κ2) is 7.61. The lowest BCUT2D eigenvalue weighted by atomic mass is 9.74. The highest BCUT2D eigenvalue weighted by Crippen LogP contribution is 2.46. The van der Waals surface area contributed by atoms with Gasteiger partial charge in [-0.15, -0.1) is 6.58 Å². The van der Waals surface area contributed by atoms with Crippen molar-refractivity contribution in [3.05, 3.63) is 60.1 Å². The van der Waals surface area contributed by atoms with E-state index in [0.717, 1.165) is 24.8 Å². The fraction of sp³-hybridized carbons (Fsp3) is 0.435. The van der Waals surface area contributed by atoms with Crippen molar-refractivity contribution in [3.63, 3.8) is 0 Å². The average Bonchev–Trinajstić information content (AvgIpc) is 3.12. The van der Waals surface area contributed by atoms with Crippen LogP contribution in [0.5, 0.6) is 5.88 Å². The zero-order valence-corrected chi connectivity index (χ0v) is 16.0. The number of rotatable bonds is 6. The van der Waals surface area contributed by atoms with Gasteiger partial charge in [-0.05, 0) is 41.9 Å². The first-order chi connectivity index (χ1) is 12.5. The standard InChI is InChI=1S/C23H28FNO/c1-5-23(10-6-7-11-23)20-13-17(12-16(2)3)8-9-18(20)19-14-22(26-4)25-15-21(19)24/h5,8-9,13-16H,1,6-7,10-12H2,2-4H3. The Hall–Kier alpha value is -2.16. The van der Waals surface area contributed by atoms with Crippen LogP contribution in [0.15, 0.2) is 43.1 Å². The van der Waals surface area contributed by atoms with Crippen LogP contribution in [0.2, 0.25) is 0 Å². The van der Waals surface area contributed by atoms with Crippen molar-refractivity contribution in [1.82, 2.24) is 4.98 Å². The molecule has 1 saturated carbocycles. The summed E-state index contributed by atoms with van der Waals surface area (Å²) >= 11 is 0. The Morgan fingerprint density at radius 3 is 2.58 bits per heavy atom. The summed E-state index contributed by atoms with van der Waals surface area (Å²) < 4.78 is 19.9. The first kappa shape index (κ1) is 18.6. The zero-order valence-electron chi connectivity index (χ0n) is 16.0. The van der Waals surface area contributed by atoms with Gasteiger partial charge in [0.25, 0.3) is 0 Å². The van der Waals surface area contributed by atoms with Gasteiger partial charge in [0.2, 0.25) is 5.88 Å². The molecule has 0 N–H and O–H groups in total. The van der Waals surface area contributed by atoms with Gasteiger partial charge >= 0.3 is 0 Å². The molecular formula is C23H28FNO. The Bertz CT molecular complexity index is 791. The summed E-state index contributed by atoms with van der Waals surface area (Å²) in [7, 11) is 1.55. The maximum absolute atomic E-state index is 14.7. The molecule has 1 aliphatic carbocycles. The Kier molecular flexibility index (Phi) is 5.45. The molecule has 1 aromatic carbocycles. The second-order valence-corrected chi connectivity index (χ2v) is 7.75. The van der Waals surface area contributed by atoms with Crippen LogP contribution < -0.4 is 4.74 Å². The van der Waals surface area contributed by atoms with Gasteiger partial charge in [0, 0.05) is 17.0 Å². The third-order valence-corrected chi connectivity index (χ3v) is 5.48. The minimum absolute atomic E-state index is 0.0781. The smallest absolute Gasteiger partial charge is 0.213 e. The quantitative estimate of drug-likeness (QED) is 0.586. The summed E-state index contributed by atoms with van der Waals surface area (Å²) in [5.41, 5.74) is 3.89. The fourth-order valence-corrected chi connectivity index (χ4v) is 4.16. The number of allylic oxidation sites excluding steroid dienone is 1. The fourth-order valence-electron chi connectivity index (χ4n) is 4.16. The molecule has 0 aliphatic heterocycles. The summed E-state index contributed by atoms with van der Waals surface area (Å²) in [5.74, 6) is 0.688. The lowest BCUT2D eigenvalue weighted by molar-refractivity contribution is 0.396. The number of aromatic nitrogens is 1. The SMILES string of the molecule is C=CC1(c2cc(CC(C)C)ccc2-c2cc(OC)ncc2F)CCCC1. The maximum atomic E-state index is 14.7. The third kappa shape index (κ3) is 3.53. The summed E-state index contributed by atoms with van der Waals surface area (Å²) in [4.78, 5) is 3.99. The Balaban J connectivity index is 2.20. The van der Waals surface area contributed by atoms with E-state index in [4.69, 9.17) is 4.74 Å². The molecule has 138 valence electrons. The van der Waals surface area contributed by atoms with E-state index in [0.29, 0.717) is 17.4 Å². The number of pyridine rings is 1. The molecule has 3 heteroatoms. The van der Waals surface area contributed by atoms with Gasteiger partial charge in [0.1, 0.15) is 5.82 Å². The van der Waals surface area contributed by atoms with Gasteiger partial charge in [-0.2, -0.15) is 0 Å². The van der Waals surface area contributed by atoms with E-state index in [1.165, 1.54) is 30.2 Å². The molecular weight excluding hydrogens is 325 g/mol. The summed E-state index contributed by atoms with van der Waals surface area (Å²) in [6.07, 6.45) is 8.84. The largest absolute Gasteiger partial charge is 0.481 e. The summed E-state index contributed by atoms with van der Waals surface area (Å²) in [6.45, 7) is 8.59. The van der Waals surface area contributed by atoms with Crippen molar-refractivity contribution in [2.24, 2.45) is 5.92 Å². The molecule has 0 radical (unpaired) electrons. The summed E-state index contributed by atoms with van der Waals surface area (Å²) in [6, 6.07) is 8.15. The number of hydrogen-bond donors (Lipinski definition) is 0. The van der Waals surface area contributed by atoms with Crippen molar-refractivity contribution in [3.8, 4) is 17.0 Å². The van der Waals surface area contributed by atoms with Crippen molar-refractivity contribution in [2.75, 3.05) is 7.11 Å². The molecule has 0 saturated heterocycles. The van der Waals surface area contributed by atoms with Crippen LogP contribution in [-0.4, -0.2) is 12.1 Å². The molecule has 1 aliphatic rings. The van der Waals surface area contributed by atoms with Crippen LogP contribution in [0.1, 0.15) is 50.7 Å². The molecule has 2 aromatic rings. The number of benzene rings is 1. The van der Waals surface area contributed by atoms with Crippen molar-refractivity contribution >= 4 is 0 Å². The highest BCUT2D eigenvalue weighted by atomic mass is 19.1. The van der Waals surface area contributed by atoms with E-state index < -0.39 is 0 Å². The number of methoxy groups -OCH3 is 1. The number of nitrogens with zero attached hydrogens (tertiary/aromatic N) is 1. The number of halogens is 1. The molecule has 0 bridgehead atoms. The molecule has 3 rings (SSSR count). The Morgan fingerprint density at radius 2 is 1.96 bits per heavy atom. The van der Waals surface area contributed by atoms with Gasteiger partial charge in [0.15, 0.2) is 0 Å². The van der Waals surface area contributed by atoms with E-state index in [1.54, 1.807) is 13.2 Å². The lowest BCUT2D eigenvalue weighted by Gasteiger charge is -2.29. The average molecular weight is 353 g/mol. The normalized spacial score (nSPS) is 16.0. The summed E-state index contributed by atoms with van der Waals surface area (Å²) in [5, 5.41) is 0. The zero-order chi connectivity index (χ0) is 18.7. The predicted octanol–water partition coefficient (Wildman–Crippen LogP) is 6.09. The first-order valence-corrected chi connectivity index (χ1v) is 9.46. The van der Waals surface area contributed by atoms with Gasteiger partial charge in [-0.25, -0.2) is 9.37 Å². The topological polar surface area (TPSA) is 22.1 Å². The molecule has 2 nitrogen and oxygen atoms in total. The molecule has 0 unspecified atom stereocenters. The maximum Gasteiger partial charge on any atom is 0.213 e. The van der Waals surface area contributed by atoms with Crippen molar-refractivity contribution in [2.45, 2.75) is 51.4 Å². The van der Waals surface area contributed by atoms with Crippen LogP contribution in [0, 0.1) is 11.7 Å². The minimum atomic E-state index is -0.319. The molecule has 26 heavy (non-hydrogen) atoms. The monoisotopic (exact) mass is 353 g/mol. The van der Waals surface area contributed by atoms with E-state index in [1.807, 2.05) is 0 Å². The highest BCUT2D eigenvalue weighted by molar-refractivity contribution is 5.71. The van der Waals surface area contributed by atoms with Crippen molar-refractivity contribution in [1.29, 1.82) is 0 Å². The van der Waals surface area contributed by atoms with Crippen LogP contribution in [0.3, 0.4) is 0 Å². The van der Waals surface area contributed by atoms with Crippen LogP contribution in [-0.2, 0) is 11.8 Å². The number of ether oxygens (including phenoxy) is 1. The Labute approximate surface area is 156 Å². The lowest BCUT2D eigenvalue weighted by Crippen LogP contribution is -2.20. The third-order valence-electron chi connectivity index (χ3n) is 5.48. The molecule has 1 aromatic heterocycles. The second-order valence-electron chi connectivity index (χ2n) is 7.75. The van der Waals surface area contributed by atoms with Crippen LogP contribution >= 0.6 is 0 Å². The van der Waals surface area contributed by atoms with Gasteiger partial charge in [-0.1, -0.05) is 51.0 Å². The van der Waals surface area contributed by atoms with Crippen LogP contribution in [0.4, 0.5) is 4.39 Å². The van der Waals surface area contributed by atoms with Gasteiger partial charge < -0.3 is 4.74 Å². The molecule has 1 fully saturated rings. The van der Waals surface area contributed by atoms with E-state index in [2.05, 4.69) is 49.7 Å². The molecule has 0 amide bonds.